The van der Waals surface area contributed by atoms with E-state index in [2.05, 4.69) is 15.7 Å². The van der Waals surface area contributed by atoms with Gasteiger partial charge in [-0.25, -0.2) is 5.84 Å². The number of hydrazine groups is 1. The van der Waals surface area contributed by atoms with Crippen LogP contribution in [0.25, 0.3) is 10.9 Å². The van der Waals surface area contributed by atoms with E-state index in [9.17, 15) is 9.59 Å². The number of nitrogens with two attached hydrogens (primary N) is 1. The molecule has 0 spiro atoms. The van der Waals surface area contributed by atoms with Gasteiger partial charge in [-0.15, -0.1) is 0 Å². The molecule has 1 aromatic heterocycles. The summed E-state index contributed by atoms with van der Waals surface area (Å²) in [6, 6.07) is 15.8. The SMILES string of the molecule is NNC(=O)[C@H](Cc1c[nH]c2ccccc12)NC(=O)c1ccccc1. The molecule has 0 fully saturated rings. The first-order valence-electron chi connectivity index (χ1n) is 7.60. The monoisotopic (exact) mass is 322 g/mol. The van der Waals surface area contributed by atoms with Gasteiger partial charge in [0.2, 0.25) is 0 Å². The standard InChI is InChI=1S/C18H18N4O2/c19-22-18(24)16(21-17(23)12-6-2-1-3-7-12)10-13-11-20-15-9-5-4-8-14(13)15/h1-9,11,16,20H,10,19H2,(H,21,23)(H,22,24)/t16-/m0/s1. The molecule has 0 bridgehead atoms. The summed E-state index contributed by atoms with van der Waals surface area (Å²) in [5.41, 5.74) is 4.53. The number of carbonyl (C=O) groups excluding carboxylic acids is 2. The average Bonchev–Trinajstić information content (AvgIpc) is 3.04. The lowest BCUT2D eigenvalue weighted by molar-refractivity contribution is -0.123. The van der Waals surface area contributed by atoms with E-state index in [1.807, 2.05) is 36.5 Å². The molecule has 0 saturated heterocycles. The molecule has 0 aliphatic heterocycles. The minimum atomic E-state index is -0.762. The van der Waals surface area contributed by atoms with Crippen molar-refractivity contribution in [1.29, 1.82) is 0 Å². The lowest BCUT2D eigenvalue weighted by Gasteiger charge is -2.17. The summed E-state index contributed by atoms with van der Waals surface area (Å²) >= 11 is 0. The molecular formula is C18H18N4O2. The maximum atomic E-state index is 12.3. The summed E-state index contributed by atoms with van der Waals surface area (Å²) in [6.07, 6.45) is 2.18. The Hall–Kier alpha value is -3.12. The fourth-order valence-corrected chi connectivity index (χ4v) is 2.66. The van der Waals surface area contributed by atoms with Gasteiger partial charge >= 0.3 is 0 Å². The largest absolute Gasteiger partial charge is 0.361 e. The molecule has 2 aromatic carbocycles. The van der Waals surface area contributed by atoms with Crippen LogP contribution in [0, 0.1) is 0 Å². The molecule has 0 saturated carbocycles. The Morgan fingerprint density at radius 2 is 1.75 bits per heavy atom. The summed E-state index contributed by atoms with van der Waals surface area (Å²) in [4.78, 5) is 27.6. The van der Waals surface area contributed by atoms with Crippen molar-refractivity contribution >= 4 is 22.7 Å². The Morgan fingerprint density at radius 3 is 2.50 bits per heavy atom. The summed E-state index contributed by atoms with van der Waals surface area (Å²) in [5, 5.41) is 3.76. The van der Waals surface area contributed by atoms with Crippen molar-refractivity contribution < 1.29 is 9.59 Å². The van der Waals surface area contributed by atoms with E-state index >= 15 is 0 Å². The third kappa shape index (κ3) is 3.28. The number of H-pyrrole nitrogens is 1. The molecule has 0 unspecified atom stereocenters. The second-order valence-electron chi connectivity index (χ2n) is 5.46. The van der Waals surface area contributed by atoms with Crippen molar-refractivity contribution in [1.82, 2.24) is 15.7 Å². The number of para-hydroxylation sites is 1. The summed E-state index contributed by atoms with van der Waals surface area (Å²) in [7, 11) is 0. The molecule has 1 atom stereocenters. The van der Waals surface area contributed by atoms with Gasteiger partial charge in [-0.05, 0) is 23.8 Å². The second kappa shape index (κ2) is 6.97. The van der Waals surface area contributed by atoms with E-state index in [1.54, 1.807) is 24.3 Å². The van der Waals surface area contributed by atoms with Gasteiger partial charge < -0.3 is 10.3 Å². The Kier molecular flexibility index (Phi) is 4.58. The fraction of sp³-hybridized carbons (Fsp3) is 0.111. The Labute approximate surface area is 139 Å². The molecule has 0 aliphatic carbocycles. The molecule has 122 valence electrons. The maximum absolute atomic E-state index is 12.3. The Morgan fingerprint density at radius 1 is 1.04 bits per heavy atom. The maximum Gasteiger partial charge on any atom is 0.256 e. The normalized spacial score (nSPS) is 11.9. The zero-order valence-electron chi connectivity index (χ0n) is 13.0. The van der Waals surface area contributed by atoms with Crippen LogP contribution in [0.4, 0.5) is 0 Å². The van der Waals surface area contributed by atoms with Crippen molar-refractivity contribution in [2.24, 2.45) is 5.84 Å². The molecule has 1 heterocycles. The molecule has 2 amide bonds. The number of benzene rings is 2. The van der Waals surface area contributed by atoms with Gasteiger partial charge in [-0.1, -0.05) is 36.4 Å². The molecule has 3 aromatic rings. The van der Waals surface area contributed by atoms with Gasteiger partial charge in [-0.3, -0.25) is 15.0 Å². The number of hydrogen-bond acceptors (Lipinski definition) is 3. The molecule has 6 nitrogen and oxygen atoms in total. The predicted octanol–water partition coefficient (Wildman–Crippen LogP) is 1.50. The minimum absolute atomic E-state index is 0.316. The van der Waals surface area contributed by atoms with Gasteiger partial charge in [0.05, 0.1) is 0 Å². The number of nitrogens with one attached hydrogen (secondary N) is 3. The van der Waals surface area contributed by atoms with Crippen molar-refractivity contribution in [2.75, 3.05) is 0 Å². The van der Waals surface area contributed by atoms with E-state index in [0.717, 1.165) is 16.5 Å². The number of fused-ring (bicyclic) bond motifs is 1. The van der Waals surface area contributed by atoms with Crippen LogP contribution < -0.4 is 16.6 Å². The molecule has 5 N–H and O–H groups in total. The highest BCUT2D eigenvalue weighted by Gasteiger charge is 2.22. The van der Waals surface area contributed by atoms with E-state index in [4.69, 9.17) is 5.84 Å². The smallest absolute Gasteiger partial charge is 0.256 e. The number of aromatic nitrogens is 1. The number of rotatable bonds is 5. The number of hydrogen-bond donors (Lipinski definition) is 4. The van der Waals surface area contributed by atoms with Crippen LogP contribution in [0.2, 0.25) is 0 Å². The highest BCUT2D eigenvalue weighted by atomic mass is 16.2. The lowest BCUT2D eigenvalue weighted by atomic mass is 10.0. The summed E-state index contributed by atoms with van der Waals surface area (Å²) in [6.45, 7) is 0. The zero-order chi connectivity index (χ0) is 16.9. The van der Waals surface area contributed by atoms with E-state index < -0.39 is 11.9 Å². The van der Waals surface area contributed by atoms with Crippen LogP contribution in [-0.2, 0) is 11.2 Å². The van der Waals surface area contributed by atoms with Crippen LogP contribution in [-0.4, -0.2) is 22.8 Å². The number of carbonyl (C=O) groups is 2. The number of amides is 2. The van der Waals surface area contributed by atoms with Crippen LogP contribution in [0.5, 0.6) is 0 Å². The van der Waals surface area contributed by atoms with E-state index in [0.29, 0.717) is 12.0 Å². The number of aromatic amines is 1. The third-order valence-corrected chi connectivity index (χ3v) is 3.90. The molecule has 3 rings (SSSR count). The van der Waals surface area contributed by atoms with E-state index in [-0.39, 0.29) is 5.91 Å². The van der Waals surface area contributed by atoms with Gasteiger partial charge in [0, 0.05) is 29.1 Å². The van der Waals surface area contributed by atoms with Crippen LogP contribution >= 0.6 is 0 Å². The first-order chi connectivity index (χ1) is 11.7. The highest BCUT2D eigenvalue weighted by Crippen LogP contribution is 2.19. The predicted molar refractivity (Wildman–Crippen MR) is 92.0 cm³/mol. The van der Waals surface area contributed by atoms with Crippen molar-refractivity contribution in [3.8, 4) is 0 Å². The summed E-state index contributed by atoms with van der Waals surface area (Å²) < 4.78 is 0. The molecular weight excluding hydrogens is 304 g/mol. The fourth-order valence-electron chi connectivity index (χ4n) is 2.66. The van der Waals surface area contributed by atoms with Crippen LogP contribution in [0.15, 0.2) is 60.8 Å². The average molecular weight is 322 g/mol. The molecule has 0 radical (unpaired) electrons. The lowest BCUT2D eigenvalue weighted by Crippen LogP contribution is -2.50. The molecule has 0 aliphatic rings. The first kappa shape index (κ1) is 15.8. The van der Waals surface area contributed by atoms with Crippen LogP contribution in [0.1, 0.15) is 15.9 Å². The third-order valence-electron chi connectivity index (χ3n) is 3.90. The van der Waals surface area contributed by atoms with Gasteiger partial charge in [0.1, 0.15) is 6.04 Å². The topological polar surface area (TPSA) is 100 Å². The molecule has 6 heteroatoms. The zero-order valence-corrected chi connectivity index (χ0v) is 13.0. The van der Waals surface area contributed by atoms with Crippen molar-refractivity contribution in [3.63, 3.8) is 0 Å². The minimum Gasteiger partial charge on any atom is -0.361 e. The quantitative estimate of drug-likeness (QED) is 0.325. The van der Waals surface area contributed by atoms with Crippen molar-refractivity contribution in [3.05, 3.63) is 71.9 Å². The Bertz CT molecular complexity index is 858. The Balaban J connectivity index is 1.82. The van der Waals surface area contributed by atoms with Gasteiger partial charge in [-0.2, -0.15) is 0 Å². The molecule has 24 heavy (non-hydrogen) atoms. The van der Waals surface area contributed by atoms with Gasteiger partial charge in [0.15, 0.2) is 0 Å². The van der Waals surface area contributed by atoms with Gasteiger partial charge in [0.25, 0.3) is 11.8 Å². The van der Waals surface area contributed by atoms with Crippen molar-refractivity contribution in [2.45, 2.75) is 12.5 Å². The van der Waals surface area contributed by atoms with E-state index in [1.165, 1.54) is 0 Å². The second-order valence-corrected chi connectivity index (χ2v) is 5.46. The highest BCUT2D eigenvalue weighted by molar-refractivity contribution is 5.97. The summed E-state index contributed by atoms with van der Waals surface area (Å²) in [5.74, 6) is 4.51. The van der Waals surface area contributed by atoms with Crippen LogP contribution in [0.3, 0.4) is 0 Å². The first-order valence-corrected chi connectivity index (χ1v) is 7.60.